The van der Waals surface area contributed by atoms with Crippen molar-refractivity contribution in [1.82, 2.24) is 16.0 Å². The minimum atomic E-state index is -0.956. The van der Waals surface area contributed by atoms with Crippen LogP contribution in [-0.4, -0.2) is 55.1 Å². The van der Waals surface area contributed by atoms with Crippen molar-refractivity contribution >= 4 is 35.5 Å². The molecule has 0 heterocycles. The average molecular weight is 566 g/mol. The third-order valence-electron chi connectivity index (χ3n) is 5.89. The molecule has 1 unspecified atom stereocenters. The number of anilines is 1. The molecule has 1 aromatic carbocycles. The van der Waals surface area contributed by atoms with E-state index in [1.54, 1.807) is 38.1 Å². The third kappa shape index (κ3) is 14.9. The number of hydrogen-bond acceptors (Lipinski definition) is 8. The fraction of sp³-hybridized carbons (Fsp3) is 0.577. The van der Waals surface area contributed by atoms with E-state index >= 15 is 0 Å². The van der Waals surface area contributed by atoms with Gasteiger partial charge in [-0.15, -0.1) is 0 Å². The lowest BCUT2D eigenvalue weighted by atomic mass is 10.0. The maximum absolute atomic E-state index is 13.2. The number of unbranched alkanes of at least 4 members (excludes halogenated alkanes) is 3. The van der Waals surface area contributed by atoms with Crippen molar-refractivity contribution in [3.63, 3.8) is 0 Å². The monoisotopic (exact) mass is 565 g/mol. The minimum absolute atomic E-state index is 0.0132. The highest BCUT2D eigenvalue weighted by molar-refractivity contribution is 5.98. The predicted octanol–water partition coefficient (Wildman–Crippen LogP) is 1.14. The molecule has 0 aliphatic heterocycles. The van der Waals surface area contributed by atoms with Gasteiger partial charge in [0.15, 0.2) is 0 Å². The van der Waals surface area contributed by atoms with Crippen LogP contribution in [0.2, 0.25) is 0 Å². The summed E-state index contributed by atoms with van der Waals surface area (Å²) in [6, 6.07) is 4.04. The van der Waals surface area contributed by atoms with Gasteiger partial charge < -0.3 is 42.3 Å². The number of nitrogens with one attached hydrogen (secondary N) is 4. The first-order valence-corrected chi connectivity index (χ1v) is 13.3. The smallest absolute Gasteiger partial charge is 0.404 e. The topological polar surface area (TPSA) is 230 Å². The second-order valence-electron chi connectivity index (χ2n) is 9.61. The number of carbonyl (C=O) groups is 5. The van der Waals surface area contributed by atoms with Crippen LogP contribution >= 0.6 is 0 Å². The van der Waals surface area contributed by atoms with E-state index in [-0.39, 0.29) is 37.8 Å². The number of carbonyl (C=O) groups excluding carboxylic acids is 5. The summed E-state index contributed by atoms with van der Waals surface area (Å²) in [6.07, 6.45) is 3.11. The van der Waals surface area contributed by atoms with Crippen LogP contribution in [0.5, 0.6) is 0 Å². The van der Waals surface area contributed by atoms with Crippen molar-refractivity contribution in [2.75, 3.05) is 18.5 Å². The molecule has 0 aromatic heterocycles. The number of hydrogen-bond donors (Lipinski definition) is 7. The predicted molar refractivity (Wildman–Crippen MR) is 148 cm³/mol. The number of nitrogens with two attached hydrogens (primary N) is 3. The van der Waals surface area contributed by atoms with E-state index in [9.17, 15) is 24.0 Å². The van der Waals surface area contributed by atoms with Crippen LogP contribution in [-0.2, 0) is 30.6 Å². The van der Waals surface area contributed by atoms with Gasteiger partial charge in [0, 0.05) is 18.7 Å². The van der Waals surface area contributed by atoms with Crippen LogP contribution in [0.15, 0.2) is 24.3 Å². The second kappa shape index (κ2) is 19.2. The molecule has 6 amide bonds. The zero-order valence-corrected chi connectivity index (χ0v) is 23.2. The van der Waals surface area contributed by atoms with E-state index in [2.05, 4.69) is 26.1 Å². The van der Waals surface area contributed by atoms with Gasteiger partial charge in [-0.1, -0.05) is 38.8 Å². The van der Waals surface area contributed by atoms with Gasteiger partial charge in [0.25, 0.3) is 0 Å². The first-order valence-electron chi connectivity index (χ1n) is 13.3. The van der Waals surface area contributed by atoms with E-state index < -0.39 is 36.0 Å². The van der Waals surface area contributed by atoms with Crippen LogP contribution in [0.25, 0.3) is 0 Å². The van der Waals surface area contributed by atoms with Crippen molar-refractivity contribution in [2.45, 2.75) is 77.5 Å². The highest BCUT2D eigenvalue weighted by Crippen LogP contribution is 2.13. The Hall–Kier alpha value is -3.91. The molecule has 0 saturated carbocycles. The highest BCUT2D eigenvalue weighted by atomic mass is 16.6. The van der Waals surface area contributed by atoms with Gasteiger partial charge in [-0.2, -0.15) is 0 Å². The second-order valence-corrected chi connectivity index (χ2v) is 9.61. The summed E-state index contributed by atoms with van der Waals surface area (Å²) in [5, 5.41) is 10.7. The molecular weight excluding hydrogens is 522 g/mol. The number of amides is 6. The Morgan fingerprint density at radius 2 is 1.55 bits per heavy atom. The van der Waals surface area contributed by atoms with E-state index in [4.69, 9.17) is 22.1 Å². The van der Waals surface area contributed by atoms with E-state index in [0.29, 0.717) is 30.7 Å². The van der Waals surface area contributed by atoms with Gasteiger partial charge in [-0.05, 0) is 49.3 Å². The van der Waals surface area contributed by atoms with Gasteiger partial charge >= 0.3 is 12.1 Å². The van der Waals surface area contributed by atoms with Crippen molar-refractivity contribution in [3.05, 3.63) is 29.8 Å². The molecule has 224 valence electrons. The molecule has 0 radical (unpaired) electrons. The molecule has 1 aromatic rings. The molecule has 14 heteroatoms. The summed E-state index contributed by atoms with van der Waals surface area (Å²) < 4.78 is 4.74. The molecule has 40 heavy (non-hydrogen) atoms. The lowest BCUT2D eigenvalue weighted by Gasteiger charge is -2.25. The zero-order chi connectivity index (χ0) is 29.9. The maximum Gasteiger partial charge on any atom is 0.404 e. The zero-order valence-electron chi connectivity index (χ0n) is 23.2. The van der Waals surface area contributed by atoms with Crippen molar-refractivity contribution in [3.8, 4) is 0 Å². The SMILES string of the molecule is CC(C)[C@H](NC(=O)CCCCCCON)C(=O)NC(CCCNC(N)=O)C(=O)Nc1ccc(COC(N)=O)cc1. The fourth-order valence-corrected chi connectivity index (χ4v) is 3.72. The number of rotatable bonds is 19. The van der Waals surface area contributed by atoms with Crippen molar-refractivity contribution in [1.29, 1.82) is 0 Å². The maximum atomic E-state index is 13.2. The van der Waals surface area contributed by atoms with Gasteiger partial charge in [0.1, 0.15) is 18.7 Å². The summed E-state index contributed by atoms with van der Waals surface area (Å²) in [4.78, 5) is 65.1. The number of benzene rings is 1. The Labute approximate surface area is 234 Å². The van der Waals surface area contributed by atoms with Gasteiger partial charge in [-0.3, -0.25) is 14.4 Å². The highest BCUT2D eigenvalue weighted by Gasteiger charge is 2.28. The standard InChI is InChI=1S/C26H43N7O7/c1-17(2)22(33-21(34)9-5-3-4-6-15-40-29)24(36)32-20(8-7-14-30-25(27)37)23(35)31-19-12-10-18(11-13-19)16-39-26(28)38/h10-13,17,20,22H,3-9,14-16,29H2,1-2H3,(H2,28,38)(H,31,35)(H,32,36)(H,33,34)(H3,27,30,37)/t20?,22-/m0/s1. The molecular formula is C26H43N7O7. The molecule has 10 N–H and O–H groups in total. The summed E-state index contributed by atoms with van der Waals surface area (Å²) in [7, 11) is 0. The molecule has 1 rings (SSSR count). The molecule has 0 saturated heterocycles. The summed E-state index contributed by atoms with van der Waals surface area (Å²) >= 11 is 0. The average Bonchev–Trinajstić information content (AvgIpc) is 2.90. The van der Waals surface area contributed by atoms with E-state index in [0.717, 1.165) is 19.3 Å². The molecule has 14 nitrogen and oxygen atoms in total. The first kappa shape index (κ1) is 34.1. The van der Waals surface area contributed by atoms with Crippen LogP contribution in [0, 0.1) is 5.92 Å². The third-order valence-corrected chi connectivity index (χ3v) is 5.89. The van der Waals surface area contributed by atoms with E-state index in [1.165, 1.54) is 0 Å². The normalized spacial score (nSPS) is 12.2. The largest absolute Gasteiger partial charge is 0.445 e. The van der Waals surface area contributed by atoms with Crippen LogP contribution < -0.4 is 38.6 Å². The van der Waals surface area contributed by atoms with Crippen LogP contribution in [0.1, 0.15) is 64.4 Å². The lowest BCUT2D eigenvalue weighted by Crippen LogP contribution is -2.54. The van der Waals surface area contributed by atoms with Crippen LogP contribution in [0.4, 0.5) is 15.3 Å². The molecule has 0 fully saturated rings. The Balaban J connectivity index is 2.81. The van der Waals surface area contributed by atoms with Crippen LogP contribution in [0.3, 0.4) is 0 Å². The fourth-order valence-electron chi connectivity index (χ4n) is 3.72. The van der Waals surface area contributed by atoms with Crippen molar-refractivity contribution < 1.29 is 33.5 Å². The number of ether oxygens (including phenoxy) is 1. The minimum Gasteiger partial charge on any atom is -0.445 e. The molecule has 2 atom stereocenters. The number of urea groups is 1. The number of primary amides is 2. The Kier molecular flexibility index (Phi) is 16.4. The summed E-state index contributed by atoms with van der Waals surface area (Å²) in [5.74, 6) is 3.53. The molecule has 0 aliphatic carbocycles. The molecule has 0 aliphatic rings. The molecule has 0 spiro atoms. The molecule has 0 bridgehead atoms. The van der Waals surface area contributed by atoms with E-state index in [1.807, 2.05) is 0 Å². The lowest BCUT2D eigenvalue weighted by molar-refractivity contribution is -0.132. The Bertz CT molecular complexity index is 957. The summed E-state index contributed by atoms with van der Waals surface area (Å²) in [6.45, 7) is 4.26. The first-order chi connectivity index (χ1) is 19.0. The summed E-state index contributed by atoms with van der Waals surface area (Å²) in [5.41, 5.74) is 11.2. The van der Waals surface area contributed by atoms with Gasteiger partial charge in [0.2, 0.25) is 17.7 Å². The van der Waals surface area contributed by atoms with Crippen molar-refractivity contribution in [2.24, 2.45) is 23.3 Å². The van der Waals surface area contributed by atoms with Gasteiger partial charge in [-0.25, -0.2) is 15.5 Å². The van der Waals surface area contributed by atoms with Gasteiger partial charge in [0.05, 0.1) is 6.61 Å². The quantitative estimate of drug-likeness (QED) is 0.0947. The Morgan fingerprint density at radius 1 is 0.875 bits per heavy atom. The Morgan fingerprint density at radius 3 is 2.15 bits per heavy atom.